The third-order valence-electron chi connectivity index (χ3n) is 6.51. The van der Waals surface area contributed by atoms with Crippen molar-refractivity contribution >= 4 is 15.7 Å². The quantitative estimate of drug-likeness (QED) is 0.781. The van der Waals surface area contributed by atoms with Gasteiger partial charge >= 0.3 is 0 Å². The van der Waals surface area contributed by atoms with E-state index in [-0.39, 0.29) is 11.6 Å². The van der Waals surface area contributed by atoms with E-state index in [2.05, 4.69) is 10.00 Å². The third-order valence-corrected chi connectivity index (χ3v) is 7.80. The van der Waals surface area contributed by atoms with E-state index in [1.54, 1.807) is 0 Å². The van der Waals surface area contributed by atoms with Crippen LogP contribution in [0.2, 0.25) is 0 Å². The van der Waals surface area contributed by atoms with Gasteiger partial charge in [-0.15, -0.1) is 0 Å². The summed E-state index contributed by atoms with van der Waals surface area (Å²) in [7, 11) is -3.29. The lowest BCUT2D eigenvalue weighted by Gasteiger charge is -2.36. The van der Waals surface area contributed by atoms with Crippen molar-refractivity contribution in [1.82, 2.24) is 23.8 Å². The Hall–Kier alpha value is -1.75. The van der Waals surface area contributed by atoms with Crippen LogP contribution in [0.3, 0.4) is 0 Å². The number of nitrogens with zero attached hydrogens (tertiary/aromatic N) is 4. The largest absolute Gasteiger partial charge is 0.381 e. The average molecular weight is 422 g/mol. The second kappa shape index (κ2) is 7.19. The van der Waals surface area contributed by atoms with Gasteiger partial charge in [0.25, 0.3) is 5.56 Å². The molecule has 1 unspecified atom stereocenters. The van der Waals surface area contributed by atoms with Gasteiger partial charge in [-0.05, 0) is 25.7 Å². The number of hydrogen-bond acceptors (Lipinski definition) is 6. The molecule has 1 N–H and O–H groups in total. The molecule has 0 aromatic carbocycles. The lowest BCUT2D eigenvalue weighted by Crippen LogP contribution is -2.44. The van der Waals surface area contributed by atoms with Crippen molar-refractivity contribution in [3.8, 4) is 0 Å². The molecule has 0 amide bonds. The van der Waals surface area contributed by atoms with Crippen molar-refractivity contribution < 1.29 is 13.2 Å². The van der Waals surface area contributed by atoms with Gasteiger partial charge in [0.1, 0.15) is 0 Å². The second-order valence-electron chi connectivity index (χ2n) is 8.34. The van der Waals surface area contributed by atoms with E-state index in [1.165, 1.54) is 15.1 Å². The highest BCUT2D eigenvalue weighted by Gasteiger charge is 2.34. The Morgan fingerprint density at radius 2 is 2.00 bits per heavy atom. The molecule has 3 aliphatic heterocycles. The molecule has 0 spiro atoms. The maximum Gasteiger partial charge on any atom is 0.277 e. The second-order valence-corrected chi connectivity index (χ2v) is 10.3. The topological polar surface area (TPSA) is 100 Å². The summed E-state index contributed by atoms with van der Waals surface area (Å²) in [5.41, 5.74) is 2.86. The van der Waals surface area contributed by atoms with Crippen molar-refractivity contribution in [1.29, 1.82) is 0 Å². The van der Waals surface area contributed by atoms with Gasteiger partial charge in [0, 0.05) is 51.4 Å². The minimum Gasteiger partial charge on any atom is -0.381 e. The fourth-order valence-electron chi connectivity index (χ4n) is 5.00. The van der Waals surface area contributed by atoms with Crippen molar-refractivity contribution in [3.05, 3.63) is 33.4 Å². The van der Waals surface area contributed by atoms with Crippen LogP contribution < -0.4 is 5.56 Å². The number of aromatic nitrogens is 3. The van der Waals surface area contributed by atoms with Crippen LogP contribution in [0, 0.1) is 0 Å². The van der Waals surface area contributed by atoms with Crippen LogP contribution in [0.1, 0.15) is 48.7 Å². The summed E-state index contributed by atoms with van der Waals surface area (Å²) in [5.74, 6) is 0. The van der Waals surface area contributed by atoms with E-state index < -0.39 is 10.0 Å². The van der Waals surface area contributed by atoms with E-state index >= 15 is 0 Å². The minimum atomic E-state index is -3.29. The highest BCUT2D eigenvalue weighted by Crippen LogP contribution is 2.33. The number of ether oxygens (including phenoxy) is 1. The van der Waals surface area contributed by atoms with E-state index in [4.69, 9.17) is 9.72 Å². The highest BCUT2D eigenvalue weighted by molar-refractivity contribution is 7.88. The highest BCUT2D eigenvalue weighted by atomic mass is 32.2. The normalized spacial score (nSPS) is 24.9. The summed E-state index contributed by atoms with van der Waals surface area (Å²) in [5, 5.41) is 3.15. The van der Waals surface area contributed by atoms with Crippen LogP contribution >= 0.6 is 0 Å². The van der Waals surface area contributed by atoms with E-state index in [0.29, 0.717) is 24.8 Å². The maximum absolute atomic E-state index is 13.2. The van der Waals surface area contributed by atoms with Gasteiger partial charge in [-0.3, -0.25) is 14.8 Å². The molecule has 0 bridgehead atoms. The third kappa shape index (κ3) is 3.41. The summed E-state index contributed by atoms with van der Waals surface area (Å²) < 4.78 is 32.7. The molecule has 2 aromatic rings. The smallest absolute Gasteiger partial charge is 0.277 e. The standard InChI is InChI=1S/C19H27N5O4S/c1-29(26,27)23-7-2-3-17(23)16-11-18-20-15-4-8-22(13-5-9-28-10-6-13)12-14(15)19(25)24(18)21-16/h11,13,17,21H,2-10,12H2,1H3. The Morgan fingerprint density at radius 3 is 2.76 bits per heavy atom. The fraction of sp³-hybridized carbons (Fsp3) is 0.684. The first kappa shape index (κ1) is 19.2. The number of rotatable bonds is 3. The lowest BCUT2D eigenvalue weighted by atomic mass is 10.0. The number of nitrogens with one attached hydrogen (secondary N) is 1. The molecule has 158 valence electrons. The summed E-state index contributed by atoms with van der Waals surface area (Å²) >= 11 is 0. The Labute approximate surface area is 169 Å². The molecule has 3 aliphatic rings. The Morgan fingerprint density at radius 1 is 1.21 bits per heavy atom. The molecular weight excluding hydrogens is 394 g/mol. The first-order chi connectivity index (χ1) is 13.9. The molecule has 9 nitrogen and oxygen atoms in total. The van der Waals surface area contributed by atoms with Gasteiger partial charge in [0.05, 0.1) is 29.2 Å². The number of aromatic amines is 1. The predicted molar refractivity (Wildman–Crippen MR) is 107 cm³/mol. The van der Waals surface area contributed by atoms with Gasteiger partial charge in [0.2, 0.25) is 10.0 Å². The molecule has 10 heteroatoms. The van der Waals surface area contributed by atoms with Gasteiger partial charge in [0.15, 0.2) is 5.65 Å². The zero-order chi connectivity index (χ0) is 20.2. The van der Waals surface area contributed by atoms with E-state index in [0.717, 1.165) is 68.8 Å². The Balaban J connectivity index is 1.49. The summed E-state index contributed by atoms with van der Waals surface area (Å²) in [6, 6.07) is 2.03. The lowest BCUT2D eigenvalue weighted by molar-refractivity contribution is 0.0286. The molecule has 29 heavy (non-hydrogen) atoms. The van der Waals surface area contributed by atoms with Crippen LogP contribution in [-0.2, 0) is 27.7 Å². The first-order valence-electron chi connectivity index (χ1n) is 10.3. The number of hydrogen-bond donors (Lipinski definition) is 1. The van der Waals surface area contributed by atoms with Crippen molar-refractivity contribution in [2.45, 2.75) is 50.7 Å². The maximum atomic E-state index is 13.2. The molecule has 0 aliphatic carbocycles. The molecule has 2 saturated heterocycles. The SMILES string of the molecule is CS(=O)(=O)N1CCCC1c1cc2nc3c(c(=O)n2[nH]1)CN(C1CCOCC1)CC3. The van der Waals surface area contributed by atoms with Crippen LogP contribution in [0.4, 0.5) is 0 Å². The molecule has 1 atom stereocenters. The van der Waals surface area contributed by atoms with Crippen LogP contribution in [-0.4, -0.2) is 70.8 Å². The van der Waals surface area contributed by atoms with Crippen molar-refractivity contribution in [2.24, 2.45) is 0 Å². The molecule has 2 fully saturated rings. The zero-order valence-corrected chi connectivity index (χ0v) is 17.4. The molecule has 2 aromatic heterocycles. The molecular formula is C19H27N5O4S. The molecule has 5 rings (SSSR count). The van der Waals surface area contributed by atoms with Crippen molar-refractivity contribution in [3.63, 3.8) is 0 Å². The van der Waals surface area contributed by atoms with Gasteiger partial charge in [-0.1, -0.05) is 0 Å². The van der Waals surface area contributed by atoms with Crippen LogP contribution in [0.25, 0.3) is 5.65 Å². The number of sulfonamides is 1. The van der Waals surface area contributed by atoms with Crippen LogP contribution in [0.5, 0.6) is 0 Å². The monoisotopic (exact) mass is 421 g/mol. The van der Waals surface area contributed by atoms with Crippen LogP contribution in [0.15, 0.2) is 10.9 Å². The minimum absolute atomic E-state index is 0.0723. The number of fused-ring (bicyclic) bond motifs is 2. The number of H-pyrrole nitrogens is 1. The van der Waals surface area contributed by atoms with Gasteiger partial charge < -0.3 is 4.74 Å². The zero-order valence-electron chi connectivity index (χ0n) is 16.6. The molecule has 0 saturated carbocycles. The van der Waals surface area contributed by atoms with Crippen molar-refractivity contribution in [2.75, 3.05) is 32.6 Å². The predicted octanol–water partition coefficient (Wildman–Crippen LogP) is 0.656. The molecule has 0 radical (unpaired) electrons. The fourth-order valence-corrected chi connectivity index (χ4v) is 6.14. The molecule has 5 heterocycles. The Kier molecular flexibility index (Phi) is 4.77. The Bertz CT molecular complexity index is 1090. The first-order valence-corrected chi connectivity index (χ1v) is 12.2. The summed E-state index contributed by atoms with van der Waals surface area (Å²) in [6.07, 6.45) is 5.56. The summed E-state index contributed by atoms with van der Waals surface area (Å²) in [4.78, 5) is 20.3. The van der Waals surface area contributed by atoms with E-state index in [1.807, 2.05) is 6.07 Å². The average Bonchev–Trinajstić information content (AvgIpc) is 3.35. The van der Waals surface area contributed by atoms with E-state index in [9.17, 15) is 13.2 Å². The van der Waals surface area contributed by atoms with Gasteiger partial charge in [-0.25, -0.2) is 17.9 Å². The van der Waals surface area contributed by atoms with Gasteiger partial charge in [-0.2, -0.15) is 4.31 Å². The summed E-state index contributed by atoms with van der Waals surface area (Å²) in [6.45, 7) is 3.59.